The molecule has 0 amide bonds. The second-order valence-electron chi connectivity index (χ2n) is 17.8. The van der Waals surface area contributed by atoms with Gasteiger partial charge < -0.3 is 0 Å². The molecule has 3 aromatic rings. The van der Waals surface area contributed by atoms with Crippen LogP contribution >= 0.6 is 0 Å². The molecule has 0 bridgehead atoms. The molecule has 5 atom stereocenters. The molecule has 0 saturated carbocycles. The average Bonchev–Trinajstić information content (AvgIpc) is 3.41. The molecule has 0 unspecified atom stereocenters. The first kappa shape index (κ1) is 36.2. The maximum Gasteiger partial charge on any atom is 0.0196 e. The minimum Gasteiger partial charge on any atom is -0.0995 e. The van der Waals surface area contributed by atoms with E-state index in [4.69, 9.17) is 13.2 Å². The molecular weight excluding hydrogens is 625 g/mol. The van der Waals surface area contributed by atoms with Crippen molar-refractivity contribution in [3.8, 4) is 11.1 Å². The van der Waals surface area contributed by atoms with Crippen LogP contribution in [0.5, 0.6) is 0 Å². The summed E-state index contributed by atoms with van der Waals surface area (Å²) in [6, 6.07) is 22.7. The summed E-state index contributed by atoms with van der Waals surface area (Å²) in [6.45, 7) is 45.1. The fraction of sp³-hybridized carbons (Fsp3) is 0.385. The Morgan fingerprint density at radius 3 is 1.98 bits per heavy atom. The molecule has 3 aromatic carbocycles. The van der Waals surface area contributed by atoms with Gasteiger partial charge in [0.05, 0.1) is 0 Å². The largest absolute Gasteiger partial charge is 0.0995 e. The van der Waals surface area contributed by atoms with E-state index in [0.717, 1.165) is 37.7 Å². The first-order valence-electron chi connectivity index (χ1n) is 19.6. The van der Waals surface area contributed by atoms with Crippen LogP contribution in [0.1, 0.15) is 126 Å². The molecule has 4 aliphatic rings. The Morgan fingerprint density at radius 2 is 1.38 bits per heavy atom. The predicted octanol–water partition coefficient (Wildman–Crippen LogP) is 14.6. The van der Waals surface area contributed by atoms with E-state index in [0.29, 0.717) is 17.8 Å². The van der Waals surface area contributed by atoms with Crippen molar-refractivity contribution in [2.24, 2.45) is 22.2 Å². The Labute approximate surface area is 315 Å². The topological polar surface area (TPSA) is 0 Å². The lowest BCUT2D eigenvalue weighted by Gasteiger charge is -2.67. The van der Waals surface area contributed by atoms with E-state index >= 15 is 0 Å². The molecule has 0 aromatic heterocycles. The Bertz CT molecular complexity index is 2130. The molecular formula is C52H60. The van der Waals surface area contributed by atoms with Gasteiger partial charge in [0.15, 0.2) is 0 Å². The van der Waals surface area contributed by atoms with Crippen molar-refractivity contribution in [3.05, 3.63) is 172 Å². The van der Waals surface area contributed by atoms with E-state index in [-0.39, 0.29) is 16.2 Å². The normalized spacial score (nSPS) is 27.9. The van der Waals surface area contributed by atoms with Gasteiger partial charge in [-0.25, -0.2) is 0 Å². The summed E-state index contributed by atoms with van der Waals surface area (Å²) in [5.74, 6) is 1.20. The molecule has 0 spiro atoms. The quantitative estimate of drug-likeness (QED) is 0.207. The SMILES string of the molecule is C=C(CCC1c2ccccc2-c2ccccc21)CC(=C)Cc1ccc2c(c1C)C(=C)C1=C(C)[C@@]3(C)C(=C)C(C(=C)C)=C(C)C[C@@]3(C)[C@H](C)[C@@]1(C)[C@@H]2C. The second-order valence-corrected chi connectivity index (χ2v) is 17.8. The molecule has 0 heterocycles. The van der Waals surface area contributed by atoms with Crippen molar-refractivity contribution in [1.82, 2.24) is 0 Å². The molecule has 0 N–H and O–H groups in total. The standard InChI is InChI=1S/C52H60/c1-30(2)47-33(5)29-50(12)39(11)51(13)36(8)41-26-24-40(34(6)48(41)35(7)49(51)38(10)52(50,14)37(47)9)28-32(4)27-31(3)23-25-46-44-21-17-15-19-42(44)43-20-16-18-22-45(43)46/h15-22,24,26,36,39,46H,1,3-4,7,9,23,25,27-29H2,2,5-6,8,10-14H3/t36-,39+,50+,51-,52-/m1/s1. The Morgan fingerprint density at radius 1 is 0.788 bits per heavy atom. The van der Waals surface area contributed by atoms with Gasteiger partial charge in [-0.1, -0.05) is 156 Å². The molecule has 7 rings (SSSR count). The van der Waals surface area contributed by atoms with Gasteiger partial charge in [0.25, 0.3) is 0 Å². The van der Waals surface area contributed by atoms with Gasteiger partial charge in [-0.15, -0.1) is 0 Å². The van der Waals surface area contributed by atoms with Crippen molar-refractivity contribution in [3.63, 3.8) is 0 Å². The summed E-state index contributed by atoms with van der Waals surface area (Å²) in [5, 5.41) is 0. The van der Waals surface area contributed by atoms with Crippen molar-refractivity contribution in [1.29, 1.82) is 0 Å². The minimum atomic E-state index is -0.183. The van der Waals surface area contributed by atoms with Crippen LogP contribution in [-0.4, -0.2) is 0 Å². The van der Waals surface area contributed by atoms with Crippen LogP contribution in [0.25, 0.3) is 16.7 Å². The van der Waals surface area contributed by atoms with Crippen molar-refractivity contribution < 1.29 is 0 Å². The van der Waals surface area contributed by atoms with Crippen LogP contribution in [0.4, 0.5) is 0 Å². The number of benzene rings is 3. The average molecular weight is 685 g/mol. The minimum absolute atomic E-state index is 0.0289. The maximum absolute atomic E-state index is 4.96. The van der Waals surface area contributed by atoms with Gasteiger partial charge in [-0.2, -0.15) is 0 Å². The summed E-state index contributed by atoms with van der Waals surface area (Å²) >= 11 is 0. The number of hydrogen-bond donors (Lipinski definition) is 0. The van der Waals surface area contributed by atoms with Gasteiger partial charge in [-0.05, 0) is 144 Å². The summed E-state index contributed by atoms with van der Waals surface area (Å²) in [4.78, 5) is 0. The molecule has 0 radical (unpaired) electrons. The lowest BCUT2D eigenvalue weighted by molar-refractivity contribution is -0.0260. The molecule has 52 heavy (non-hydrogen) atoms. The molecule has 0 fully saturated rings. The maximum atomic E-state index is 4.96. The van der Waals surface area contributed by atoms with Crippen LogP contribution in [0.3, 0.4) is 0 Å². The fourth-order valence-electron chi connectivity index (χ4n) is 12.1. The monoisotopic (exact) mass is 684 g/mol. The number of rotatable bonds is 8. The summed E-state index contributed by atoms with van der Waals surface area (Å²) in [5.41, 5.74) is 22.7. The van der Waals surface area contributed by atoms with E-state index in [1.54, 1.807) is 0 Å². The number of allylic oxidation sites excluding steroid dienone is 9. The lowest BCUT2D eigenvalue weighted by Crippen LogP contribution is -2.58. The Balaban J connectivity index is 1.15. The highest BCUT2D eigenvalue weighted by Crippen LogP contribution is 2.74. The first-order chi connectivity index (χ1) is 24.5. The number of fused-ring (bicyclic) bond motifs is 6. The zero-order valence-electron chi connectivity index (χ0n) is 33.6. The van der Waals surface area contributed by atoms with Crippen molar-refractivity contribution in [2.45, 2.75) is 106 Å². The Hall–Kier alpha value is -4.16. The van der Waals surface area contributed by atoms with E-state index in [1.807, 2.05) is 0 Å². The predicted molar refractivity (Wildman–Crippen MR) is 226 cm³/mol. The van der Waals surface area contributed by atoms with E-state index in [2.05, 4.69) is 143 Å². The van der Waals surface area contributed by atoms with Crippen LogP contribution in [0.2, 0.25) is 0 Å². The highest BCUT2D eigenvalue weighted by molar-refractivity contribution is 5.88. The summed E-state index contributed by atoms with van der Waals surface area (Å²) in [6.07, 6.45) is 4.86. The smallest absolute Gasteiger partial charge is 0.0196 e. The van der Waals surface area contributed by atoms with Crippen molar-refractivity contribution in [2.75, 3.05) is 0 Å². The molecule has 0 saturated heterocycles. The second kappa shape index (κ2) is 12.5. The van der Waals surface area contributed by atoms with Crippen molar-refractivity contribution >= 4 is 5.57 Å². The lowest BCUT2D eigenvalue weighted by atomic mass is 9.37. The summed E-state index contributed by atoms with van der Waals surface area (Å²) in [7, 11) is 0. The van der Waals surface area contributed by atoms with E-state index < -0.39 is 0 Å². The third kappa shape index (κ3) is 4.85. The van der Waals surface area contributed by atoms with Gasteiger partial charge in [0.1, 0.15) is 0 Å². The fourth-order valence-corrected chi connectivity index (χ4v) is 12.1. The highest BCUT2D eigenvalue weighted by Gasteiger charge is 2.65. The van der Waals surface area contributed by atoms with Gasteiger partial charge >= 0.3 is 0 Å². The summed E-state index contributed by atoms with van der Waals surface area (Å²) < 4.78 is 0. The zero-order chi connectivity index (χ0) is 37.7. The molecule has 0 nitrogen and oxygen atoms in total. The molecule has 0 heteroatoms. The van der Waals surface area contributed by atoms with Gasteiger partial charge in [0, 0.05) is 16.7 Å². The zero-order valence-corrected chi connectivity index (χ0v) is 33.6. The Kier molecular flexibility index (Phi) is 8.68. The highest BCUT2D eigenvalue weighted by atomic mass is 14.7. The van der Waals surface area contributed by atoms with E-state index in [1.165, 1.54) is 89.1 Å². The molecule has 4 aliphatic carbocycles. The van der Waals surface area contributed by atoms with Gasteiger partial charge in [0.2, 0.25) is 0 Å². The van der Waals surface area contributed by atoms with Gasteiger partial charge in [-0.3, -0.25) is 0 Å². The third-order valence-corrected chi connectivity index (χ3v) is 15.3. The van der Waals surface area contributed by atoms with Crippen LogP contribution in [0.15, 0.2) is 138 Å². The number of hydrogen-bond acceptors (Lipinski definition) is 0. The van der Waals surface area contributed by atoms with Crippen LogP contribution < -0.4 is 0 Å². The molecule has 268 valence electrons. The van der Waals surface area contributed by atoms with Crippen LogP contribution in [0, 0.1) is 29.1 Å². The third-order valence-electron chi connectivity index (χ3n) is 15.3. The molecule has 0 aliphatic heterocycles. The first-order valence-corrected chi connectivity index (χ1v) is 19.6. The van der Waals surface area contributed by atoms with Crippen LogP contribution in [-0.2, 0) is 6.42 Å². The van der Waals surface area contributed by atoms with E-state index in [9.17, 15) is 0 Å².